The van der Waals surface area contributed by atoms with Crippen LogP contribution in [0.5, 0.6) is 0 Å². The second-order valence-electron chi connectivity index (χ2n) is 3.83. The Hall–Kier alpha value is -1.67. The number of anilines is 1. The van der Waals surface area contributed by atoms with Crippen molar-refractivity contribution in [1.82, 2.24) is 14.6 Å². The van der Waals surface area contributed by atoms with Crippen molar-refractivity contribution >= 4 is 21.7 Å². The molecular weight excluding hydrogens is 256 g/mol. The summed E-state index contributed by atoms with van der Waals surface area (Å²) < 4.78 is 24.0. The molecule has 0 radical (unpaired) electrons. The summed E-state index contributed by atoms with van der Waals surface area (Å²) in [6.07, 6.45) is 1.34. The Kier molecular flexibility index (Phi) is 4.62. The number of carbonyl (C=O) groups excluding carboxylic acids is 1. The molecule has 100 valence electrons. The molecule has 8 heteroatoms. The molecule has 1 heterocycles. The molecule has 1 rings (SSSR count). The monoisotopic (exact) mass is 272 g/mol. The minimum Gasteiger partial charge on any atom is -0.384 e. The smallest absolute Gasteiger partial charge is 0.252 e. The summed E-state index contributed by atoms with van der Waals surface area (Å²) in [5.41, 5.74) is 5.73. The molecule has 0 fully saturated rings. The van der Waals surface area contributed by atoms with Gasteiger partial charge in [-0.15, -0.1) is 0 Å². The highest BCUT2D eigenvalue weighted by Crippen LogP contribution is 2.01. The number of sulfonamides is 1. The van der Waals surface area contributed by atoms with Crippen molar-refractivity contribution in [2.75, 3.05) is 32.1 Å². The molecule has 0 bridgehead atoms. The molecule has 7 nitrogen and oxygen atoms in total. The lowest BCUT2D eigenvalue weighted by Gasteiger charge is -2.11. The normalized spacial score (nSPS) is 11.5. The van der Waals surface area contributed by atoms with Gasteiger partial charge in [0, 0.05) is 26.8 Å². The summed E-state index contributed by atoms with van der Waals surface area (Å²) >= 11 is 0. The van der Waals surface area contributed by atoms with Crippen molar-refractivity contribution < 1.29 is 13.2 Å². The molecule has 1 aromatic heterocycles. The second-order valence-corrected chi connectivity index (χ2v) is 6.13. The second kappa shape index (κ2) is 5.78. The summed E-state index contributed by atoms with van der Waals surface area (Å²) in [4.78, 5) is 15.4. The zero-order valence-electron chi connectivity index (χ0n) is 10.3. The maximum Gasteiger partial charge on any atom is 0.252 e. The van der Waals surface area contributed by atoms with Crippen LogP contribution in [-0.4, -0.2) is 50.0 Å². The minimum absolute atomic E-state index is 0.0454. The molecule has 0 aromatic carbocycles. The topological polar surface area (TPSA) is 105 Å². The number of amides is 1. The average molecular weight is 272 g/mol. The van der Waals surface area contributed by atoms with E-state index in [1.165, 1.54) is 32.4 Å². The fourth-order valence-corrected chi connectivity index (χ4v) is 1.84. The fourth-order valence-electron chi connectivity index (χ4n) is 1.12. The maximum absolute atomic E-state index is 11.6. The molecule has 1 amide bonds. The van der Waals surface area contributed by atoms with Gasteiger partial charge in [-0.3, -0.25) is 4.79 Å². The third-order valence-electron chi connectivity index (χ3n) is 2.25. The van der Waals surface area contributed by atoms with Crippen molar-refractivity contribution in [3.05, 3.63) is 23.9 Å². The molecule has 0 aliphatic heterocycles. The van der Waals surface area contributed by atoms with Gasteiger partial charge in [-0.05, 0) is 12.1 Å². The van der Waals surface area contributed by atoms with Crippen molar-refractivity contribution in [3.63, 3.8) is 0 Å². The number of carbonyl (C=O) groups is 1. The zero-order valence-corrected chi connectivity index (χ0v) is 11.1. The van der Waals surface area contributed by atoms with E-state index in [2.05, 4.69) is 10.3 Å². The molecule has 3 N–H and O–H groups in total. The van der Waals surface area contributed by atoms with Crippen LogP contribution in [0.2, 0.25) is 0 Å². The van der Waals surface area contributed by atoms with Gasteiger partial charge in [0.25, 0.3) is 5.91 Å². The Labute approximate surface area is 106 Å². The first kappa shape index (κ1) is 14.4. The number of rotatable bonds is 5. The number of hydrogen-bond acceptors (Lipinski definition) is 5. The largest absolute Gasteiger partial charge is 0.384 e. The fraction of sp³-hybridized carbons (Fsp3) is 0.400. The average Bonchev–Trinajstić information content (AvgIpc) is 2.29. The van der Waals surface area contributed by atoms with Gasteiger partial charge in [0.15, 0.2) is 0 Å². The predicted molar refractivity (Wildman–Crippen MR) is 68.5 cm³/mol. The van der Waals surface area contributed by atoms with Crippen LogP contribution in [0, 0.1) is 0 Å². The molecule has 0 saturated heterocycles. The number of nitrogens with zero attached hydrogens (tertiary/aromatic N) is 2. The van der Waals surface area contributed by atoms with Gasteiger partial charge in [0.1, 0.15) is 5.82 Å². The highest BCUT2D eigenvalue weighted by atomic mass is 32.2. The van der Waals surface area contributed by atoms with Gasteiger partial charge in [-0.2, -0.15) is 0 Å². The summed E-state index contributed by atoms with van der Waals surface area (Å²) in [5.74, 6) is -0.202. The molecule has 0 aliphatic carbocycles. The van der Waals surface area contributed by atoms with Crippen LogP contribution in [0.3, 0.4) is 0 Å². The summed E-state index contributed by atoms with van der Waals surface area (Å²) in [5, 5.41) is 2.50. The van der Waals surface area contributed by atoms with E-state index < -0.39 is 10.0 Å². The molecule has 0 saturated carbocycles. The number of nitrogens with one attached hydrogen (secondary N) is 1. The predicted octanol–water partition coefficient (Wildman–Crippen LogP) is -0.715. The van der Waals surface area contributed by atoms with Gasteiger partial charge in [-0.1, -0.05) is 0 Å². The van der Waals surface area contributed by atoms with Crippen LogP contribution in [0.25, 0.3) is 0 Å². The lowest BCUT2D eigenvalue weighted by atomic mass is 10.2. The first-order chi connectivity index (χ1) is 8.33. The molecule has 1 aromatic rings. The van der Waals surface area contributed by atoms with Gasteiger partial charge >= 0.3 is 0 Å². The maximum atomic E-state index is 11.6. The third-order valence-corrected chi connectivity index (χ3v) is 4.08. The molecule has 0 spiro atoms. The SMILES string of the molecule is CN(C)S(=O)(=O)CCNC(=O)c1ccc(N)nc1. The van der Waals surface area contributed by atoms with E-state index in [-0.39, 0.29) is 18.2 Å². The van der Waals surface area contributed by atoms with Crippen LogP contribution in [-0.2, 0) is 10.0 Å². The summed E-state index contributed by atoms with van der Waals surface area (Å²) in [7, 11) is -0.409. The van der Waals surface area contributed by atoms with E-state index in [1.807, 2.05) is 0 Å². The van der Waals surface area contributed by atoms with Crippen LogP contribution >= 0.6 is 0 Å². The van der Waals surface area contributed by atoms with E-state index in [1.54, 1.807) is 0 Å². The first-order valence-electron chi connectivity index (χ1n) is 5.23. The van der Waals surface area contributed by atoms with Crippen molar-refractivity contribution in [2.45, 2.75) is 0 Å². The minimum atomic E-state index is -3.30. The molecule has 0 unspecified atom stereocenters. The van der Waals surface area contributed by atoms with Gasteiger partial charge in [0.2, 0.25) is 10.0 Å². The Morgan fingerprint density at radius 1 is 1.44 bits per heavy atom. The van der Waals surface area contributed by atoms with Crippen LogP contribution in [0.15, 0.2) is 18.3 Å². The zero-order chi connectivity index (χ0) is 13.8. The van der Waals surface area contributed by atoms with Gasteiger partial charge in [0.05, 0.1) is 11.3 Å². The number of nitrogen functional groups attached to an aromatic ring is 1. The number of aromatic nitrogens is 1. The molecular formula is C10H16N4O3S. The van der Waals surface area contributed by atoms with Crippen molar-refractivity contribution in [1.29, 1.82) is 0 Å². The van der Waals surface area contributed by atoms with E-state index in [0.29, 0.717) is 11.4 Å². The van der Waals surface area contributed by atoms with Crippen LogP contribution in [0.1, 0.15) is 10.4 Å². The van der Waals surface area contributed by atoms with E-state index >= 15 is 0 Å². The van der Waals surface area contributed by atoms with Gasteiger partial charge < -0.3 is 11.1 Å². The van der Waals surface area contributed by atoms with E-state index in [0.717, 1.165) is 4.31 Å². The lowest BCUT2D eigenvalue weighted by molar-refractivity contribution is 0.0956. The standard InChI is InChI=1S/C10H16N4O3S/c1-14(2)18(16,17)6-5-12-10(15)8-3-4-9(11)13-7-8/h3-4,7H,5-6H2,1-2H3,(H2,11,13)(H,12,15). The number of nitrogens with two attached hydrogens (primary N) is 1. The lowest BCUT2D eigenvalue weighted by Crippen LogP contribution is -2.33. The molecule has 0 atom stereocenters. The first-order valence-corrected chi connectivity index (χ1v) is 6.84. The summed E-state index contributed by atoms with van der Waals surface area (Å²) in [6.45, 7) is 0.0454. The third kappa shape index (κ3) is 3.97. The Balaban J connectivity index is 2.50. The number of hydrogen-bond donors (Lipinski definition) is 2. The highest BCUT2D eigenvalue weighted by molar-refractivity contribution is 7.89. The Bertz CT molecular complexity index is 510. The number of pyridine rings is 1. The van der Waals surface area contributed by atoms with Crippen molar-refractivity contribution in [2.24, 2.45) is 0 Å². The van der Waals surface area contributed by atoms with Crippen molar-refractivity contribution in [3.8, 4) is 0 Å². The Morgan fingerprint density at radius 2 is 2.11 bits per heavy atom. The van der Waals surface area contributed by atoms with Crippen LogP contribution < -0.4 is 11.1 Å². The highest BCUT2D eigenvalue weighted by Gasteiger charge is 2.14. The van der Waals surface area contributed by atoms with E-state index in [4.69, 9.17) is 5.73 Å². The van der Waals surface area contributed by atoms with Crippen LogP contribution in [0.4, 0.5) is 5.82 Å². The summed E-state index contributed by atoms with van der Waals surface area (Å²) in [6, 6.07) is 3.03. The van der Waals surface area contributed by atoms with Gasteiger partial charge in [-0.25, -0.2) is 17.7 Å². The molecule has 18 heavy (non-hydrogen) atoms. The quantitative estimate of drug-likeness (QED) is 0.736. The Morgan fingerprint density at radius 3 is 2.61 bits per heavy atom. The van der Waals surface area contributed by atoms with E-state index in [9.17, 15) is 13.2 Å². The molecule has 0 aliphatic rings.